The topological polar surface area (TPSA) is 28.2 Å². The number of hydrogen-bond acceptors (Lipinski definition) is 4. The molecular formula is C14H27N3S. The van der Waals surface area contributed by atoms with E-state index < -0.39 is 0 Å². The molecule has 1 heterocycles. The van der Waals surface area contributed by atoms with Crippen molar-refractivity contribution in [2.75, 3.05) is 25.0 Å². The summed E-state index contributed by atoms with van der Waals surface area (Å²) in [5, 5.41) is 4.59. The molecule has 0 saturated carbocycles. The minimum atomic E-state index is 0.700. The molecular weight excluding hydrogens is 242 g/mol. The van der Waals surface area contributed by atoms with Crippen molar-refractivity contribution in [3.63, 3.8) is 0 Å². The number of anilines is 1. The number of hydrogen-bond donors (Lipinski definition) is 1. The van der Waals surface area contributed by atoms with Gasteiger partial charge in [-0.3, -0.25) is 0 Å². The van der Waals surface area contributed by atoms with Crippen molar-refractivity contribution < 1.29 is 0 Å². The van der Waals surface area contributed by atoms with Gasteiger partial charge in [-0.2, -0.15) is 0 Å². The van der Waals surface area contributed by atoms with Gasteiger partial charge >= 0.3 is 0 Å². The Labute approximate surface area is 116 Å². The molecule has 1 aromatic rings. The van der Waals surface area contributed by atoms with E-state index in [0.29, 0.717) is 5.92 Å². The maximum atomic E-state index is 4.50. The summed E-state index contributed by atoms with van der Waals surface area (Å²) in [6, 6.07) is 0. The summed E-state index contributed by atoms with van der Waals surface area (Å²) in [6.45, 7) is 12.1. The third kappa shape index (κ3) is 5.83. The van der Waals surface area contributed by atoms with Crippen LogP contribution in [-0.4, -0.2) is 25.1 Å². The predicted octanol–water partition coefficient (Wildman–Crippen LogP) is 3.37. The highest BCUT2D eigenvalue weighted by Gasteiger charge is 2.07. The van der Waals surface area contributed by atoms with Gasteiger partial charge in [-0.25, -0.2) is 4.98 Å². The molecule has 4 heteroatoms. The summed E-state index contributed by atoms with van der Waals surface area (Å²) >= 11 is 1.80. The highest BCUT2D eigenvalue weighted by atomic mass is 32.1. The molecule has 0 amide bonds. The van der Waals surface area contributed by atoms with Gasteiger partial charge in [0.2, 0.25) is 0 Å². The zero-order valence-corrected chi connectivity index (χ0v) is 13.2. The van der Waals surface area contributed by atoms with Crippen LogP contribution in [-0.2, 0) is 6.54 Å². The van der Waals surface area contributed by atoms with Crippen molar-refractivity contribution in [1.82, 2.24) is 10.3 Å². The highest BCUT2D eigenvalue weighted by molar-refractivity contribution is 7.15. The monoisotopic (exact) mass is 269 g/mol. The van der Waals surface area contributed by atoms with Gasteiger partial charge in [0.1, 0.15) is 0 Å². The van der Waals surface area contributed by atoms with Crippen molar-refractivity contribution in [3.8, 4) is 0 Å². The molecule has 0 bridgehead atoms. The van der Waals surface area contributed by atoms with Crippen LogP contribution >= 0.6 is 11.3 Å². The quantitative estimate of drug-likeness (QED) is 0.784. The van der Waals surface area contributed by atoms with Gasteiger partial charge in [0.15, 0.2) is 5.13 Å². The molecule has 104 valence electrons. The van der Waals surface area contributed by atoms with E-state index in [2.05, 4.69) is 49.9 Å². The molecule has 0 aliphatic rings. The first-order chi connectivity index (χ1) is 8.49. The van der Waals surface area contributed by atoms with Crippen LogP contribution in [0.3, 0.4) is 0 Å². The molecule has 0 radical (unpaired) electrons. The van der Waals surface area contributed by atoms with Gasteiger partial charge in [-0.05, 0) is 24.8 Å². The van der Waals surface area contributed by atoms with E-state index in [9.17, 15) is 0 Å². The molecule has 1 rings (SSSR count). The lowest BCUT2D eigenvalue weighted by Gasteiger charge is -2.16. The Morgan fingerprint density at radius 2 is 2.00 bits per heavy atom. The van der Waals surface area contributed by atoms with E-state index in [-0.39, 0.29) is 0 Å². The second-order valence-electron chi connectivity index (χ2n) is 5.74. The molecule has 0 aliphatic carbocycles. The number of thiazole rings is 1. The SMILES string of the molecule is CC(C)CCN(C)c1ncc(CNCC(C)C)s1. The van der Waals surface area contributed by atoms with Crippen LogP contribution < -0.4 is 10.2 Å². The lowest BCUT2D eigenvalue weighted by Crippen LogP contribution is -2.19. The average Bonchev–Trinajstić information content (AvgIpc) is 2.74. The van der Waals surface area contributed by atoms with Gasteiger partial charge in [0.25, 0.3) is 0 Å². The van der Waals surface area contributed by atoms with E-state index in [4.69, 9.17) is 0 Å². The van der Waals surface area contributed by atoms with Crippen molar-refractivity contribution >= 4 is 16.5 Å². The highest BCUT2D eigenvalue weighted by Crippen LogP contribution is 2.21. The Morgan fingerprint density at radius 3 is 2.61 bits per heavy atom. The van der Waals surface area contributed by atoms with Crippen molar-refractivity contribution in [3.05, 3.63) is 11.1 Å². The van der Waals surface area contributed by atoms with Crippen molar-refractivity contribution in [2.24, 2.45) is 11.8 Å². The molecule has 3 nitrogen and oxygen atoms in total. The normalized spacial score (nSPS) is 11.5. The summed E-state index contributed by atoms with van der Waals surface area (Å²) in [7, 11) is 2.13. The van der Waals surface area contributed by atoms with Crippen molar-refractivity contribution in [1.29, 1.82) is 0 Å². The molecule has 1 N–H and O–H groups in total. The lowest BCUT2D eigenvalue weighted by molar-refractivity contribution is 0.554. The van der Waals surface area contributed by atoms with Gasteiger partial charge in [-0.15, -0.1) is 11.3 Å². The van der Waals surface area contributed by atoms with Gasteiger partial charge in [-0.1, -0.05) is 27.7 Å². The fourth-order valence-electron chi connectivity index (χ4n) is 1.59. The van der Waals surface area contributed by atoms with Gasteiger partial charge < -0.3 is 10.2 Å². The average molecular weight is 269 g/mol. The standard InChI is InChI=1S/C14H27N3S/c1-11(2)6-7-17(5)14-16-10-13(18-14)9-15-8-12(3)4/h10-12,15H,6-9H2,1-5H3. The van der Waals surface area contributed by atoms with E-state index in [1.165, 1.54) is 11.3 Å². The molecule has 0 atom stereocenters. The second-order valence-corrected chi connectivity index (χ2v) is 6.83. The third-order valence-corrected chi connectivity index (χ3v) is 3.87. The summed E-state index contributed by atoms with van der Waals surface area (Å²) < 4.78 is 0. The van der Waals surface area contributed by atoms with Crippen LogP contribution in [0.15, 0.2) is 6.20 Å². The zero-order chi connectivity index (χ0) is 13.5. The molecule has 0 fully saturated rings. The Hall–Kier alpha value is -0.610. The first-order valence-corrected chi connectivity index (χ1v) is 7.67. The van der Waals surface area contributed by atoms with Crippen LogP contribution in [0, 0.1) is 11.8 Å². The van der Waals surface area contributed by atoms with Crippen LogP contribution in [0.25, 0.3) is 0 Å². The van der Waals surface area contributed by atoms with Gasteiger partial charge in [0.05, 0.1) is 0 Å². The van der Waals surface area contributed by atoms with E-state index in [1.54, 1.807) is 11.3 Å². The van der Waals surface area contributed by atoms with Crippen molar-refractivity contribution in [2.45, 2.75) is 40.7 Å². The number of rotatable bonds is 8. The fourth-order valence-corrected chi connectivity index (χ4v) is 2.45. The molecule has 0 aliphatic heterocycles. The van der Waals surface area contributed by atoms with E-state index in [0.717, 1.165) is 30.7 Å². The molecule has 0 unspecified atom stereocenters. The minimum Gasteiger partial charge on any atom is -0.351 e. The number of nitrogens with one attached hydrogen (secondary N) is 1. The first-order valence-electron chi connectivity index (χ1n) is 6.85. The number of nitrogens with zero attached hydrogens (tertiary/aromatic N) is 2. The molecule has 0 saturated heterocycles. The molecule has 1 aromatic heterocycles. The first kappa shape index (κ1) is 15.4. The smallest absolute Gasteiger partial charge is 0.185 e. The zero-order valence-electron chi connectivity index (χ0n) is 12.4. The molecule has 0 aromatic carbocycles. The fraction of sp³-hybridized carbons (Fsp3) is 0.786. The summed E-state index contributed by atoms with van der Waals surface area (Å²) in [4.78, 5) is 8.08. The summed E-state index contributed by atoms with van der Waals surface area (Å²) in [5.41, 5.74) is 0. The van der Waals surface area contributed by atoms with Crippen LogP contribution in [0.4, 0.5) is 5.13 Å². The Kier molecular flexibility index (Phi) is 6.65. The minimum absolute atomic E-state index is 0.700. The predicted molar refractivity (Wildman–Crippen MR) is 81.4 cm³/mol. The number of aromatic nitrogens is 1. The molecule has 0 spiro atoms. The Morgan fingerprint density at radius 1 is 1.28 bits per heavy atom. The largest absolute Gasteiger partial charge is 0.351 e. The summed E-state index contributed by atoms with van der Waals surface area (Å²) in [5.74, 6) is 1.45. The lowest BCUT2D eigenvalue weighted by atomic mass is 10.1. The van der Waals surface area contributed by atoms with Crippen LogP contribution in [0.2, 0.25) is 0 Å². The summed E-state index contributed by atoms with van der Waals surface area (Å²) in [6.07, 6.45) is 3.22. The van der Waals surface area contributed by atoms with Gasteiger partial charge in [0, 0.05) is 31.2 Å². The molecule has 18 heavy (non-hydrogen) atoms. The second kappa shape index (κ2) is 7.74. The van der Waals surface area contributed by atoms with E-state index >= 15 is 0 Å². The Bertz CT molecular complexity index is 334. The maximum absolute atomic E-state index is 4.50. The third-order valence-electron chi connectivity index (χ3n) is 2.76. The van der Waals surface area contributed by atoms with Crippen LogP contribution in [0.1, 0.15) is 39.0 Å². The van der Waals surface area contributed by atoms with E-state index in [1.807, 2.05) is 6.20 Å². The Balaban J connectivity index is 2.37. The maximum Gasteiger partial charge on any atom is 0.185 e. The van der Waals surface area contributed by atoms with Crippen LogP contribution in [0.5, 0.6) is 0 Å².